The summed E-state index contributed by atoms with van der Waals surface area (Å²) in [7, 11) is 0. The van der Waals surface area contributed by atoms with Crippen LogP contribution in [0.25, 0.3) is 16.7 Å². The SMILES string of the molecule is Cc1cccnc1-n1c(SC(C)C(=O)Nc2ccc(Br)cc2)nc2ccccc2c1=O. The van der Waals surface area contributed by atoms with Crippen LogP contribution in [0.3, 0.4) is 0 Å². The fraction of sp³-hybridized carbons (Fsp3) is 0.130. The summed E-state index contributed by atoms with van der Waals surface area (Å²) in [6.45, 7) is 3.68. The van der Waals surface area contributed by atoms with Crippen molar-refractivity contribution >= 4 is 50.2 Å². The van der Waals surface area contributed by atoms with Gasteiger partial charge in [0.25, 0.3) is 5.56 Å². The van der Waals surface area contributed by atoms with Crippen LogP contribution >= 0.6 is 27.7 Å². The summed E-state index contributed by atoms with van der Waals surface area (Å²) in [5.74, 6) is 0.327. The molecule has 1 atom stereocenters. The summed E-state index contributed by atoms with van der Waals surface area (Å²) in [5.41, 5.74) is 1.91. The van der Waals surface area contributed by atoms with Crippen LogP contribution in [0.4, 0.5) is 5.69 Å². The van der Waals surface area contributed by atoms with Crippen LogP contribution in [0, 0.1) is 6.92 Å². The summed E-state index contributed by atoms with van der Waals surface area (Å²) < 4.78 is 2.43. The van der Waals surface area contributed by atoms with Crippen molar-refractivity contribution in [2.45, 2.75) is 24.3 Å². The summed E-state index contributed by atoms with van der Waals surface area (Å²) in [4.78, 5) is 35.2. The minimum absolute atomic E-state index is 0.181. The molecular formula is C23H19BrN4O2S. The molecular weight excluding hydrogens is 476 g/mol. The van der Waals surface area contributed by atoms with Gasteiger partial charge in [0.15, 0.2) is 5.16 Å². The Kier molecular flexibility index (Phi) is 6.20. The second kappa shape index (κ2) is 9.03. The summed E-state index contributed by atoms with van der Waals surface area (Å²) in [6.07, 6.45) is 1.64. The van der Waals surface area contributed by atoms with Gasteiger partial charge in [-0.1, -0.05) is 45.9 Å². The van der Waals surface area contributed by atoms with Crippen molar-refractivity contribution in [2.24, 2.45) is 0 Å². The van der Waals surface area contributed by atoms with Gasteiger partial charge in [-0.3, -0.25) is 9.59 Å². The van der Waals surface area contributed by atoms with E-state index in [9.17, 15) is 9.59 Å². The number of pyridine rings is 1. The number of thioether (sulfide) groups is 1. The summed E-state index contributed by atoms with van der Waals surface area (Å²) in [5, 5.41) is 3.33. The highest BCUT2D eigenvalue weighted by molar-refractivity contribution is 9.10. The standard InChI is InChI=1S/C23H19BrN4O2S/c1-14-6-5-13-25-20(14)28-22(30)18-7-3-4-8-19(18)27-23(28)31-15(2)21(29)26-17-11-9-16(24)10-12-17/h3-13,15H,1-2H3,(H,26,29). The van der Waals surface area contributed by atoms with Gasteiger partial charge in [0.05, 0.1) is 16.2 Å². The zero-order valence-corrected chi connectivity index (χ0v) is 19.3. The molecule has 4 aromatic rings. The Morgan fingerprint density at radius 2 is 1.84 bits per heavy atom. The molecule has 1 amide bonds. The van der Waals surface area contributed by atoms with Crippen LogP contribution in [0.5, 0.6) is 0 Å². The first-order valence-electron chi connectivity index (χ1n) is 9.61. The third kappa shape index (κ3) is 4.55. The first kappa shape index (κ1) is 21.3. The van der Waals surface area contributed by atoms with E-state index in [0.717, 1.165) is 10.0 Å². The molecule has 31 heavy (non-hydrogen) atoms. The predicted molar refractivity (Wildman–Crippen MR) is 128 cm³/mol. The highest BCUT2D eigenvalue weighted by Gasteiger charge is 2.21. The van der Waals surface area contributed by atoms with Gasteiger partial charge in [-0.05, 0) is 61.9 Å². The number of carbonyl (C=O) groups excluding carboxylic acids is 1. The van der Waals surface area contributed by atoms with E-state index in [1.54, 1.807) is 25.3 Å². The highest BCUT2D eigenvalue weighted by Crippen LogP contribution is 2.26. The van der Waals surface area contributed by atoms with Crippen LogP contribution in [-0.4, -0.2) is 25.7 Å². The van der Waals surface area contributed by atoms with Crippen LogP contribution < -0.4 is 10.9 Å². The lowest BCUT2D eigenvalue weighted by Gasteiger charge is -2.17. The van der Waals surface area contributed by atoms with Crippen molar-refractivity contribution in [1.29, 1.82) is 0 Å². The fourth-order valence-corrected chi connectivity index (χ4v) is 4.25. The quantitative estimate of drug-likeness (QED) is 0.313. The molecule has 2 aromatic heterocycles. The Hall–Kier alpha value is -2.97. The molecule has 0 bridgehead atoms. The first-order chi connectivity index (χ1) is 14.9. The first-order valence-corrected chi connectivity index (χ1v) is 11.3. The Bertz CT molecular complexity index is 1320. The smallest absolute Gasteiger partial charge is 0.267 e. The molecule has 0 spiro atoms. The molecule has 0 fully saturated rings. The second-order valence-corrected chi connectivity index (χ2v) is 9.18. The molecule has 2 heterocycles. The van der Waals surface area contributed by atoms with Gasteiger partial charge in [-0.25, -0.2) is 14.5 Å². The molecule has 0 aliphatic heterocycles. The Morgan fingerprint density at radius 3 is 2.58 bits per heavy atom. The van der Waals surface area contributed by atoms with Gasteiger partial charge < -0.3 is 5.32 Å². The van der Waals surface area contributed by atoms with Crippen LogP contribution in [0.15, 0.2) is 81.3 Å². The molecule has 1 unspecified atom stereocenters. The lowest BCUT2D eigenvalue weighted by Crippen LogP contribution is -2.27. The Labute approximate surface area is 191 Å². The van der Waals surface area contributed by atoms with E-state index in [4.69, 9.17) is 4.98 Å². The average Bonchev–Trinajstić information content (AvgIpc) is 2.76. The van der Waals surface area contributed by atoms with Crippen molar-refractivity contribution in [3.63, 3.8) is 0 Å². The third-order valence-electron chi connectivity index (χ3n) is 4.70. The number of nitrogens with one attached hydrogen (secondary N) is 1. The van der Waals surface area contributed by atoms with Gasteiger partial charge in [0, 0.05) is 16.4 Å². The Morgan fingerprint density at radius 1 is 1.10 bits per heavy atom. The van der Waals surface area contributed by atoms with Crippen LogP contribution in [0.1, 0.15) is 12.5 Å². The zero-order valence-electron chi connectivity index (χ0n) is 16.9. The number of nitrogens with zero attached hydrogens (tertiary/aromatic N) is 3. The van der Waals surface area contributed by atoms with E-state index >= 15 is 0 Å². The molecule has 156 valence electrons. The monoisotopic (exact) mass is 494 g/mol. The number of aryl methyl sites for hydroxylation is 1. The maximum absolute atomic E-state index is 13.3. The van der Waals surface area contributed by atoms with E-state index in [-0.39, 0.29) is 11.5 Å². The topological polar surface area (TPSA) is 76.9 Å². The number of aromatic nitrogens is 3. The summed E-state index contributed by atoms with van der Waals surface area (Å²) >= 11 is 4.61. The van der Waals surface area contributed by atoms with Crippen molar-refractivity contribution in [1.82, 2.24) is 14.5 Å². The molecule has 0 saturated heterocycles. The van der Waals surface area contributed by atoms with Crippen LogP contribution in [0.2, 0.25) is 0 Å². The van der Waals surface area contributed by atoms with E-state index in [2.05, 4.69) is 26.2 Å². The molecule has 6 nitrogen and oxygen atoms in total. The van der Waals surface area contributed by atoms with Gasteiger partial charge in [0.1, 0.15) is 5.82 Å². The second-order valence-electron chi connectivity index (χ2n) is 6.95. The number of rotatable bonds is 5. The van der Waals surface area contributed by atoms with Crippen LogP contribution in [-0.2, 0) is 4.79 Å². The van der Waals surface area contributed by atoms with E-state index in [0.29, 0.717) is 27.6 Å². The molecule has 0 radical (unpaired) electrons. The minimum Gasteiger partial charge on any atom is -0.325 e. The number of halogens is 1. The van der Waals surface area contributed by atoms with Gasteiger partial charge in [-0.2, -0.15) is 0 Å². The lowest BCUT2D eigenvalue weighted by molar-refractivity contribution is -0.115. The normalized spacial score (nSPS) is 12.0. The minimum atomic E-state index is -0.494. The number of benzene rings is 2. The molecule has 2 aromatic carbocycles. The Balaban J connectivity index is 1.73. The van der Waals surface area contributed by atoms with E-state index in [1.807, 2.05) is 55.5 Å². The number of amides is 1. The lowest BCUT2D eigenvalue weighted by atomic mass is 10.2. The maximum Gasteiger partial charge on any atom is 0.267 e. The van der Waals surface area contributed by atoms with Crippen molar-refractivity contribution in [2.75, 3.05) is 5.32 Å². The van der Waals surface area contributed by atoms with Crippen molar-refractivity contribution in [3.8, 4) is 5.82 Å². The number of carbonyl (C=O) groups is 1. The average molecular weight is 495 g/mol. The number of anilines is 1. The van der Waals surface area contributed by atoms with Crippen molar-refractivity contribution < 1.29 is 4.79 Å². The molecule has 8 heteroatoms. The molecule has 1 N–H and O–H groups in total. The summed E-state index contributed by atoms with van der Waals surface area (Å²) in [6, 6.07) is 18.3. The predicted octanol–water partition coefficient (Wildman–Crippen LogP) is 4.97. The number of fused-ring (bicyclic) bond motifs is 1. The maximum atomic E-state index is 13.3. The van der Waals surface area contributed by atoms with E-state index < -0.39 is 5.25 Å². The highest BCUT2D eigenvalue weighted by atomic mass is 79.9. The van der Waals surface area contributed by atoms with Gasteiger partial charge in [0.2, 0.25) is 5.91 Å². The van der Waals surface area contributed by atoms with Gasteiger partial charge >= 0.3 is 0 Å². The van der Waals surface area contributed by atoms with Gasteiger partial charge in [-0.15, -0.1) is 0 Å². The van der Waals surface area contributed by atoms with E-state index in [1.165, 1.54) is 16.3 Å². The number of hydrogen-bond acceptors (Lipinski definition) is 5. The molecule has 4 rings (SSSR count). The fourth-order valence-electron chi connectivity index (χ4n) is 3.08. The number of hydrogen-bond donors (Lipinski definition) is 1. The largest absolute Gasteiger partial charge is 0.325 e. The number of para-hydroxylation sites is 1. The molecule has 0 saturated carbocycles. The molecule has 0 aliphatic rings. The zero-order chi connectivity index (χ0) is 22.0. The molecule has 0 aliphatic carbocycles. The third-order valence-corrected chi connectivity index (χ3v) is 6.28. The van der Waals surface area contributed by atoms with Crippen molar-refractivity contribution in [3.05, 3.63) is 87.3 Å².